The molecule has 0 amide bonds. The van der Waals surface area contributed by atoms with E-state index in [4.69, 9.17) is 0 Å². The maximum absolute atomic E-state index is 3.38. The molecule has 1 heteroatoms. The molecule has 1 N–H and O–H groups in total. The van der Waals surface area contributed by atoms with Crippen molar-refractivity contribution in [3.05, 3.63) is 6.54 Å². The fourth-order valence-electron chi connectivity index (χ4n) is 1.35. The minimum atomic E-state index is 1.17. The minimum absolute atomic E-state index is 1.17. The van der Waals surface area contributed by atoms with E-state index in [2.05, 4.69) is 25.7 Å². The van der Waals surface area contributed by atoms with Crippen LogP contribution in [0.4, 0.5) is 0 Å². The van der Waals surface area contributed by atoms with Crippen molar-refractivity contribution in [1.82, 2.24) is 5.32 Å². The van der Waals surface area contributed by atoms with Crippen LogP contribution in [-0.2, 0) is 0 Å². The van der Waals surface area contributed by atoms with E-state index in [0.717, 1.165) is 0 Å². The Morgan fingerprint density at radius 1 is 0.846 bits per heavy atom. The molecule has 0 bridgehead atoms. The normalized spacial score (nSPS) is 10.6. The zero-order valence-electron chi connectivity index (χ0n) is 9.44. The number of unbranched alkanes of at least 4 members (excludes halogenated alkanes) is 6. The van der Waals surface area contributed by atoms with Crippen molar-refractivity contribution >= 4 is 0 Å². The molecule has 0 unspecified atom stereocenters. The molecule has 0 aliphatic rings. The molecule has 79 valence electrons. The average molecular weight is 184 g/mol. The molecule has 0 aromatic heterocycles. The van der Waals surface area contributed by atoms with E-state index < -0.39 is 0 Å². The molecular weight excluding hydrogens is 158 g/mol. The first kappa shape index (κ1) is 13.0. The summed E-state index contributed by atoms with van der Waals surface area (Å²) < 4.78 is 0. The minimum Gasteiger partial charge on any atom is -0.312 e. The van der Waals surface area contributed by atoms with Crippen molar-refractivity contribution in [2.24, 2.45) is 0 Å². The lowest BCUT2D eigenvalue weighted by molar-refractivity contribution is 0.607. The SMILES string of the molecule is CCCCC[CH]NCCCCCC. The highest BCUT2D eigenvalue weighted by atomic mass is 14.8. The Morgan fingerprint density at radius 3 is 2.23 bits per heavy atom. The molecule has 0 rings (SSSR count). The van der Waals surface area contributed by atoms with Crippen molar-refractivity contribution in [3.63, 3.8) is 0 Å². The van der Waals surface area contributed by atoms with Crippen LogP contribution in [0.25, 0.3) is 0 Å². The van der Waals surface area contributed by atoms with E-state index in [0.29, 0.717) is 0 Å². The molecule has 1 radical (unpaired) electrons. The van der Waals surface area contributed by atoms with Gasteiger partial charge >= 0.3 is 0 Å². The van der Waals surface area contributed by atoms with Crippen LogP contribution in [0.3, 0.4) is 0 Å². The van der Waals surface area contributed by atoms with Gasteiger partial charge in [0.1, 0.15) is 0 Å². The highest BCUT2D eigenvalue weighted by molar-refractivity contribution is 4.61. The first-order chi connectivity index (χ1) is 6.41. The molecule has 0 aliphatic carbocycles. The predicted octanol–water partition coefficient (Wildman–Crippen LogP) is 3.90. The summed E-state index contributed by atoms with van der Waals surface area (Å²) >= 11 is 0. The Morgan fingerprint density at radius 2 is 1.54 bits per heavy atom. The fourth-order valence-corrected chi connectivity index (χ4v) is 1.35. The van der Waals surface area contributed by atoms with Crippen molar-refractivity contribution in [1.29, 1.82) is 0 Å². The second-order valence-electron chi connectivity index (χ2n) is 3.71. The Labute approximate surface area is 84.3 Å². The standard InChI is InChI=1S/C12H26N/c1-3-5-7-9-11-13-12-10-8-6-4-2/h11,13H,3-10,12H2,1-2H3. The lowest BCUT2D eigenvalue weighted by Gasteiger charge is -2.03. The van der Waals surface area contributed by atoms with Crippen molar-refractivity contribution in [3.8, 4) is 0 Å². The van der Waals surface area contributed by atoms with E-state index in [1.807, 2.05) is 0 Å². The molecule has 1 nitrogen and oxygen atoms in total. The zero-order valence-corrected chi connectivity index (χ0v) is 9.44. The number of rotatable bonds is 10. The fraction of sp³-hybridized carbons (Fsp3) is 0.917. The summed E-state index contributed by atoms with van der Waals surface area (Å²) in [5.74, 6) is 0. The van der Waals surface area contributed by atoms with Gasteiger partial charge in [-0.1, -0.05) is 52.4 Å². The zero-order chi connectivity index (χ0) is 9.78. The average Bonchev–Trinajstić information content (AvgIpc) is 2.16. The van der Waals surface area contributed by atoms with Gasteiger partial charge in [-0.2, -0.15) is 0 Å². The predicted molar refractivity (Wildman–Crippen MR) is 60.6 cm³/mol. The second kappa shape index (κ2) is 12.0. The first-order valence-corrected chi connectivity index (χ1v) is 5.96. The Kier molecular flexibility index (Phi) is 11.9. The van der Waals surface area contributed by atoms with Crippen LogP contribution in [0.5, 0.6) is 0 Å². The quantitative estimate of drug-likeness (QED) is 0.508. The van der Waals surface area contributed by atoms with Gasteiger partial charge in [-0.15, -0.1) is 0 Å². The number of nitrogens with one attached hydrogen (secondary N) is 1. The van der Waals surface area contributed by atoms with Crippen molar-refractivity contribution in [2.45, 2.75) is 65.2 Å². The molecule has 0 saturated heterocycles. The molecule has 0 aromatic carbocycles. The van der Waals surface area contributed by atoms with Gasteiger partial charge in [0.2, 0.25) is 0 Å². The molecule has 0 aliphatic heterocycles. The number of hydrogen-bond acceptors (Lipinski definition) is 1. The maximum Gasteiger partial charge on any atom is 0.0221 e. The van der Waals surface area contributed by atoms with Crippen LogP contribution in [0, 0.1) is 6.54 Å². The molecule has 0 aromatic rings. The van der Waals surface area contributed by atoms with Gasteiger partial charge in [0, 0.05) is 6.54 Å². The Balaban J connectivity index is 2.76. The second-order valence-corrected chi connectivity index (χ2v) is 3.71. The Bertz CT molecular complexity index is 71.2. The van der Waals surface area contributed by atoms with Gasteiger partial charge < -0.3 is 5.32 Å². The summed E-state index contributed by atoms with van der Waals surface area (Å²) in [6.07, 6.45) is 10.7. The van der Waals surface area contributed by atoms with E-state index >= 15 is 0 Å². The summed E-state index contributed by atoms with van der Waals surface area (Å²) in [7, 11) is 0. The first-order valence-electron chi connectivity index (χ1n) is 5.96. The lowest BCUT2D eigenvalue weighted by Crippen LogP contribution is -2.11. The highest BCUT2D eigenvalue weighted by Crippen LogP contribution is 2.00. The summed E-state index contributed by atoms with van der Waals surface area (Å²) in [5, 5.41) is 3.38. The third-order valence-electron chi connectivity index (χ3n) is 2.27. The van der Waals surface area contributed by atoms with Gasteiger partial charge in [-0.25, -0.2) is 0 Å². The van der Waals surface area contributed by atoms with E-state index in [1.54, 1.807) is 0 Å². The molecule has 0 spiro atoms. The third kappa shape index (κ3) is 12.0. The summed E-state index contributed by atoms with van der Waals surface area (Å²) in [5.41, 5.74) is 0. The van der Waals surface area contributed by atoms with Gasteiger partial charge in [0.15, 0.2) is 0 Å². The summed E-state index contributed by atoms with van der Waals surface area (Å²) in [6, 6.07) is 0. The van der Waals surface area contributed by atoms with Crippen LogP contribution < -0.4 is 5.32 Å². The monoisotopic (exact) mass is 184 g/mol. The van der Waals surface area contributed by atoms with E-state index in [-0.39, 0.29) is 0 Å². The van der Waals surface area contributed by atoms with Gasteiger partial charge in [-0.3, -0.25) is 0 Å². The summed E-state index contributed by atoms with van der Waals surface area (Å²) in [4.78, 5) is 0. The molecule has 0 heterocycles. The van der Waals surface area contributed by atoms with Crippen LogP contribution >= 0.6 is 0 Å². The third-order valence-corrected chi connectivity index (χ3v) is 2.27. The molecule has 0 atom stereocenters. The number of hydrogen-bond donors (Lipinski definition) is 1. The van der Waals surface area contributed by atoms with E-state index in [1.165, 1.54) is 57.9 Å². The largest absolute Gasteiger partial charge is 0.312 e. The van der Waals surface area contributed by atoms with E-state index in [9.17, 15) is 0 Å². The highest BCUT2D eigenvalue weighted by Gasteiger charge is 1.89. The van der Waals surface area contributed by atoms with Crippen molar-refractivity contribution < 1.29 is 0 Å². The molecular formula is C12H26N. The smallest absolute Gasteiger partial charge is 0.0221 e. The maximum atomic E-state index is 3.38. The molecule has 0 saturated carbocycles. The molecule has 13 heavy (non-hydrogen) atoms. The van der Waals surface area contributed by atoms with Crippen LogP contribution in [0.1, 0.15) is 65.2 Å². The summed E-state index contributed by atoms with van der Waals surface area (Å²) in [6.45, 7) is 7.91. The topological polar surface area (TPSA) is 12.0 Å². The van der Waals surface area contributed by atoms with Gasteiger partial charge in [0.25, 0.3) is 0 Å². The van der Waals surface area contributed by atoms with Crippen LogP contribution in [0.2, 0.25) is 0 Å². The lowest BCUT2D eigenvalue weighted by atomic mass is 10.2. The van der Waals surface area contributed by atoms with Crippen LogP contribution in [-0.4, -0.2) is 6.54 Å². The Hall–Kier alpha value is -0.0400. The van der Waals surface area contributed by atoms with Gasteiger partial charge in [0.05, 0.1) is 0 Å². The molecule has 0 fully saturated rings. The van der Waals surface area contributed by atoms with Crippen LogP contribution in [0.15, 0.2) is 0 Å². The van der Waals surface area contributed by atoms with Gasteiger partial charge in [-0.05, 0) is 19.4 Å². The van der Waals surface area contributed by atoms with Crippen molar-refractivity contribution in [2.75, 3.05) is 6.54 Å².